The van der Waals surface area contributed by atoms with Crippen LogP contribution in [0.3, 0.4) is 0 Å². The van der Waals surface area contributed by atoms with E-state index in [-0.39, 0.29) is 11.7 Å². The van der Waals surface area contributed by atoms with Gasteiger partial charge in [-0.2, -0.15) is 5.10 Å². The van der Waals surface area contributed by atoms with Crippen LogP contribution in [0.4, 0.5) is 4.39 Å². The highest BCUT2D eigenvalue weighted by Crippen LogP contribution is 2.29. The Morgan fingerprint density at radius 1 is 1.31 bits per heavy atom. The SMILES string of the molecule is CCCN(CCc1cccc(F)c1)C(=O)C1(n2cccn2)CCNCC1. The number of nitrogens with zero attached hydrogens (tertiary/aromatic N) is 3. The van der Waals surface area contributed by atoms with Gasteiger partial charge in [0.05, 0.1) is 0 Å². The minimum absolute atomic E-state index is 0.126. The lowest BCUT2D eigenvalue weighted by Crippen LogP contribution is -2.56. The molecule has 1 saturated heterocycles. The summed E-state index contributed by atoms with van der Waals surface area (Å²) in [4.78, 5) is 15.5. The van der Waals surface area contributed by atoms with E-state index in [2.05, 4.69) is 17.3 Å². The predicted octanol–water partition coefficient (Wildman–Crippen LogP) is 2.58. The summed E-state index contributed by atoms with van der Waals surface area (Å²) in [5.74, 6) is -0.108. The van der Waals surface area contributed by atoms with Crippen LogP contribution in [0, 0.1) is 5.82 Å². The molecule has 1 amide bonds. The number of piperidine rings is 1. The molecule has 1 aromatic heterocycles. The van der Waals surface area contributed by atoms with E-state index in [9.17, 15) is 9.18 Å². The number of carbonyl (C=O) groups is 1. The van der Waals surface area contributed by atoms with E-state index >= 15 is 0 Å². The molecule has 3 rings (SSSR count). The minimum Gasteiger partial charge on any atom is -0.340 e. The Bertz CT molecular complexity index is 710. The largest absolute Gasteiger partial charge is 0.340 e. The zero-order chi connectivity index (χ0) is 18.4. The molecular weight excluding hydrogens is 331 g/mol. The molecule has 0 unspecified atom stereocenters. The molecule has 1 fully saturated rings. The van der Waals surface area contributed by atoms with E-state index < -0.39 is 5.54 Å². The molecule has 2 heterocycles. The standard InChI is InChI=1S/C20H27FN4O/c1-2-13-24(15-7-17-5-3-6-18(21)16-17)19(26)20(8-11-22-12-9-20)25-14-4-10-23-25/h3-6,10,14,16,22H,2,7-9,11-13,15H2,1H3. The number of aromatic nitrogens is 2. The van der Waals surface area contributed by atoms with Gasteiger partial charge < -0.3 is 10.2 Å². The number of amides is 1. The molecule has 1 aromatic carbocycles. The van der Waals surface area contributed by atoms with Crippen molar-refractivity contribution < 1.29 is 9.18 Å². The van der Waals surface area contributed by atoms with Crippen LogP contribution in [0.5, 0.6) is 0 Å². The topological polar surface area (TPSA) is 50.2 Å². The number of hydrogen-bond donors (Lipinski definition) is 1. The summed E-state index contributed by atoms with van der Waals surface area (Å²) in [6.45, 7) is 4.97. The predicted molar refractivity (Wildman–Crippen MR) is 99.3 cm³/mol. The molecule has 0 radical (unpaired) electrons. The maximum absolute atomic E-state index is 13.6. The third-order valence-corrected chi connectivity index (χ3v) is 5.11. The fourth-order valence-corrected chi connectivity index (χ4v) is 3.74. The van der Waals surface area contributed by atoms with Crippen molar-refractivity contribution in [3.8, 4) is 0 Å². The molecule has 2 aromatic rings. The van der Waals surface area contributed by atoms with Gasteiger partial charge in [0.2, 0.25) is 0 Å². The van der Waals surface area contributed by atoms with Crippen LogP contribution in [-0.2, 0) is 16.8 Å². The summed E-state index contributed by atoms with van der Waals surface area (Å²) >= 11 is 0. The quantitative estimate of drug-likeness (QED) is 0.828. The summed E-state index contributed by atoms with van der Waals surface area (Å²) in [5.41, 5.74) is 0.295. The first kappa shape index (κ1) is 18.6. The first-order valence-corrected chi connectivity index (χ1v) is 9.40. The van der Waals surface area contributed by atoms with Crippen molar-refractivity contribution in [1.82, 2.24) is 20.0 Å². The molecule has 0 saturated carbocycles. The van der Waals surface area contributed by atoms with Crippen LogP contribution in [0.15, 0.2) is 42.7 Å². The van der Waals surface area contributed by atoms with Crippen LogP contribution >= 0.6 is 0 Å². The summed E-state index contributed by atoms with van der Waals surface area (Å²) in [7, 11) is 0. The fraction of sp³-hybridized carbons (Fsp3) is 0.500. The number of carbonyl (C=O) groups excluding carboxylic acids is 1. The molecule has 0 spiro atoms. The van der Waals surface area contributed by atoms with Gasteiger partial charge in [0.15, 0.2) is 0 Å². The molecule has 5 nitrogen and oxygen atoms in total. The highest BCUT2D eigenvalue weighted by Gasteiger charge is 2.44. The van der Waals surface area contributed by atoms with E-state index in [1.165, 1.54) is 6.07 Å². The zero-order valence-corrected chi connectivity index (χ0v) is 15.3. The average Bonchev–Trinajstić information content (AvgIpc) is 3.20. The zero-order valence-electron chi connectivity index (χ0n) is 15.3. The van der Waals surface area contributed by atoms with Gasteiger partial charge in [-0.25, -0.2) is 4.39 Å². The van der Waals surface area contributed by atoms with Crippen molar-refractivity contribution in [2.75, 3.05) is 26.2 Å². The summed E-state index contributed by atoms with van der Waals surface area (Å²) in [6.07, 6.45) is 6.62. The second-order valence-electron chi connectivity index (χ2n) is 6.90. The molecule has 140 valence electrons. The second-order valence-corrected chi connectivity index (χ2v) is 6.90. The second kappa shape index (κ2) is 8.45. The third kappa shape index (κ3) is 3.96. The van der Waals surface area contributed by atoms with Crippen molar-refractivity contribution in [3.63, 3.8) is 0 Å². The number of hydrogen-bond acceptors (Lipinski definition) is 3. The first-order chi connectivity index (χ1) is 12.7. The smallest absolute Gasteiger partial charge is 0.250 e. The number of rotatable bonds is 7. The van der Waals surface area contributed by atoms with E-state index in [0.717, 1.165) is 37.9 Å². The van der Waals surface area contributed by atoms with Crippen LogP contribution in [0.2, 0.25) is 0 Å². The van der Waals surface area contributed by atoms with Crippen molar-refractivity contribution in [2.24, 2.45) is 0 Å². The Morgan fingerprint density at radius 2 is 2.12 bits per heavy atom. The van der Waals surface area contributed by atoms with Crippen molar-refractivity contribution >= 4 is 5.91 Å². The van der Waals surface area contributed by atoms with Crippen LogP contribution in [0.25, 0.3) is 0 Å². The molecule has 1 aliphatic rings. The summed E-state index contributed by atoms with van der Waals surface area (Å²) < 4.78 is 15.3. The normalized spacial score (nSPS) is 16.4. The van der Waals surface area contributed by atoms with E-state index in [0.29, 0.717) is 19.5 Å². The van der Waals surface area contributed by atoms with Gasteiger partial charge in [-0.15, -0.1) is 0 Å². The molecule has 0 bridgehead atoms. The molecule has 1 N–H and O–H groups in total. The molecule has 0 aliphatic carbocycles. The van der Waals surface area contributed by atoms with Gasteiger partial charge in [0.25, 0.3) is 5.91 Å². The number of benzene rings is 1. The number of halogens is 1. The Hall–Kier alpha value is -2.21. The molecule has 26 heavy (non-hydrogen) atoms. The van der Waals surface area contributed by atoms with Crippen LogP contribution in [-0.4, -0.2) is 46.8 Å². The van der Waals surface area contributed by atoms with Gasteiger partial charge in [0, 0.05) is 25.5 Å². The van der Waals surface area contributed by atoms with E-state index in [1.807, 2.05) is 27.9 Å². The molecule has 6 heteroatoms. The molecular formula is C20H27FN4O. The minimum atomic E-state index is -0.619. The van der Waals surface area contributed by atoms with Gasteiger partial charge in [-0.05, 0) is 62.5 Å². The Kier molecular flexibility index (Phi) is 6.04. The highest BCUT2D eigenvalue weighted by atomic mass is 19.1. The summed E-state index contributed by atoms with van der Waals surface area (Å²) in [6, 6.07) is 8.48. The fourth-order valence-electron chi connectivity index (χ4n) is 3.74. The molecule has 1 aliphatic heterocycles. The van der Waals surface area contributed by atoms with Crippen molar-refractivity contribution in [1.29, 1.82) is 0 Å². The summed E-state index contributed by atoms with van der Waals surface area (Å²) in [5, 5.41) is 7.74. The Morgan fingerprint density at radius 3 is 2.77 bits per heavy atom. The van der Waals surface area contributed by atoms with Gasteiger partial charge >= 0.3 is 0 Å². The van der Waals surface area contributed by atoms with Gasteiger partial charge in [-0.1, -0.05) is 19.1 Å². The van der Waals surface area contributed by atoms with Crippen molar-refractivity contribution in [3.05, 3.63) is 54.1 Å². The van der Waals surface area contributed by atoms with E-state index in [1.54, 1.807) is 18.3 Å². The third-order valence-electron chi connectivity index (χ3n) is 5.11. The molecule has 0 atom stereocenters. The van der Waals surface area contributed by atoms with Crippen molar-refractivity contribution in [2.45, 2.75) is 38.1 Å². The first-order valence-electron chi connectivity index (χ1n) is 9.40. The lowest BCUT2D eigenvalue weighted by molar-refractivity contribution is -0.143. The maximum Gasteiger partial charge on any atom is 0.250 e. The highest BCUT2D eigenvalue weighted by molar-refractivity contribution is 5.84. The Labute approximate surface area is 154 Å². The lowest BCUT2D eigenvalue weighted by Gasteiger charge is -2.40. The van der Waals surface area contributed by atoms with Gasteiger partial charge in [0.1, 0.15) is 11.4 Å². The van der Waals surface area contributed by atoms with Gasteiger partial charge in [-0.3, -0.25) is 9.48 Å². The number of nitrogens with one attached hydrogen (secondary N) is 1. The Balaban J connectivity index is 1.79. The lowest BCUT2D eigenvalue weighted by atomic mass is 9.86. The average molecular weight is 358 g/mol. The van der Waals surface area contributed by atoms with Crippen LogP contribution in [0.1, 0.15) is 31.7 Å². The van der Waals surface area contributed by atoms with Crippen LogP contribution < -0.4 is 5.32 Å². The van der Waals surface area contributed by atoms with E-state index in [4.69, 9.17) is 0 Å². The monoisotopic (exact) mass is 358 g/mol. The maximum atomic E-state index is 13.6.